The molecule has 0 unspecified atom stereocenters. The van der Waals surface area contributed by atoms with Gasteiger partial charge in [0.05, 0.1) is 0 Å². The van der Waals surface area contributed by atoms with E-state index in [1.165, 1.54) is 38.9 Å². The summed E-state index contributed by atoms with van der Waals surface area (Å²) in [7, 11) is 0. The second-order valence-corrected chi connectivity index (χ2v) is 8.14. The molecule has 1 rings (SSSR count). The summed E-state index contributed by atoms with van der Waals surface area (Å²) in [6, 6.07) is 0. The summed E-state index contributed by atoms with van der Waals surface area (Å²) in [6.07, 6.45) is 5.02. The predicted octanol–water partition coefficient (Wildman–Crippen LogP) is 4.57. The Morgan fingerprint density at radius 2 is 1.58 bits per heavy atom. The zero-order valence-electron chi connectivity index (χ0n) is 14.0. The van der Waals surface area contributed by atoms with Crippen molar-refractivity contribution in [2.45, 2.75) is 67.2 Å². The Kier molecular flexibility index (Phi) is 5.93. The molecule has 110 valence electrons. The number of unbranched alkanes of at least 4 members (excludes halogenated alkanes) is 1. The normalized spacial score (nSPS) is 19.1. The lowest BCUT2D eigenvalue weighted by Crippen LogP contribution is -2.38. The first kappa shape index (κ1) is 16.6. The lowest BCUT2D eigenvalue weighted by Gasteiger charge is -2.38. The first-order valence-electron chi connectivity index (χ1n) is 7.91. The van der Waals surface area contributed by atoms with Gasteiger partial charge in [0.25, 0.3) is 0 Å². The molecule has 1 heterocycles. The quantitative estimate of drug-likeness (QED) is 0.532. The van der Waals surface area contributed by atoms with Gasteiger partial charge in [0.1, 0.15) is 0 Å². The number of rotatable bonds is 3. The zero-order valence-corrected chi connectivity index (χ0v) is 14.0. The number of nitrogens with zero attached hydrogens (tertiary/aromatic N) is 1. The van der Waals surface area contributed by atoms with E-state index in [2.05, 4.69) is 58.3 Å². The summed E-state index contributed by atoms with van der Waals surface area (Å²) < 4.78 is 0. The Morgan fingerprint density at radius 3 is 2.05 bits per heavy atom. The van der Waals surface area contributed by atoms with Gasteiger partial charge in [-0.25, -0.2) is 0 Å². The Balaban J connectivity index is 2.18. The van der Waals surface area contributed by atoms with Crippen LogP contribution in [0.1, 0.15) is 67.2 Å². The highest BCUT2D eigenvalue weighted by atomic mass is 15.1. The monoisotopic (exact) mass is 263 g/mol. The molecule has 0 radical (unpaired) electrons. The second-order valence-electron chi connectivity index (χ2n) is 8.14. The van der Waals surface area contributed by atoms with Gasteiger partial charge in [-0.1, -0.05) is 26.7 Å². The standard InChI is InChI=1S/C18H33N/c1-17(2,3)12-8-7-9-13-19-14-10-16(11-15-19)18(4,5)6/h16H,7,9-11,13-15H2,1-6H3. The van der Waals surface area contributed by atoms with Gasteiger partial charge in [0, 0.05) is 11.8 Å². The van der Waals surface area contributed by atoms with Crippen molar-refractivity contribution < 1.29 is 0 Å². The van der Waals surface area contributed by atoms with Crippen molar-refractivity contribution in [2.24, 2.45) is 16.7 Å². The Labute approximate surface area is 121 Å². The molecule has 1 nitrogen and oxygen atoms in total. The van der Waals surface area contributed by atoms with Gasteiger partial charge in [-0.15, -0.1) is 5.92 Å². The van der Waals surface area contributed by atoms with Crippen LogP contribution in [-0.2, 0) is 0 Å². The molecule has 0 aromatic carbocycles. The molecule has 1 heteroatoms. The van der Waals surface area contributed by atoms with E-state index in [4.69, 9.17) is 0 Å². The van der Waals surface area contributed by atoms with Crippen LogP contribution < -0.4 is 0 Å². The molecule has 1 aliphatic heterocycles. The number of hydrogen-bond donors (Lipinski definition) is 0. The van der Waals surface area contributed by atoms with Crippen LogP contribution in [0, 0.1) is 28.6 Å². The van der Waals surface area contributed by atoms with Crippen LogP contribution in [0.25, 0.3) is 0 Å². The zero-order chi connectivity index (χ0) is 14.5. The van der Waals surface area contributed by atoms with Gasteiger partial charge in [-0.3, -0.25) is 0 Å². The summed E-state index contributed by atoms with van der Waals surface area (Å²) in [5.74, 6) is 7.55. The molecule has 1 aliphatic rings. The summed E-state index contributed by atoms with van der Waals surface area (Å²) in [6.45, 7) is 17.5. The SMILES string of the molecule is CC(C)(C)C#CCCCN1CCC(C(C)(C)C)CC1. The highest BCUT2D eigenvalue weighted by molar-refractivity contribution is 5.06. The molecule has 19 heavy (non-hydrogen) atoms. The van der Waals surface area contributed by atoms with Gasteiger partial charge < -0.3 is 4.90 Å². The molecule has 0 bridgehead atoms. The lowest BCUT2D eigenvalue weighted by atomic mass is 9.75. The maximum Gasteiger partial charge on any atom is 0.0230 e. The second kappa shape index (κ2) is 6.80. The van der Waals surface area contributed by atoms with E-state index < -0.39 is 0 Å². The first-order chi connectivity index (χ1) is 8.68. The van der Waals surface area contributed by atoms with Crippen molar-refractivity contribution in [3.63, 3.8) is 0 Å². The first-order valence-corrected chi connectivity index (χ1v) is 7.91. The fourth-order valence-corrected chi connectivity index (χ4v) is 2.74. The average Bonchev–Trinajstić information content (AvgIpc) is 2.26. The maximum atomic E-state index is 3.32. The van der Waals surface area contributed by atoms with Crippen LogP contribution in [0.4, 0.5) is 0 Å². The molecule has 1 fully saturated rings. The molecular weight excluding hydrogens is 230 g/mol. The van der Waals surface area contributed by atoms with E-state index in [1.807, 2.05) is 0 Å². The Hall–Kier alpha value is -0.480. The fourth-order valence-electron chi connectivity index (χ4n) is 2.74. The largest absolute Gasteiger partial charge is 0.303 e. The summed E-state index contributed by atoms with van der Waals surface area (Å²) in [5, 5.41) is 0. The van der Waals surface area contributed by atoms with E-state index in [0.29, 0.717) is 5.41 Å². The topological polar surface area (TPSA) is 3.24 Å². The van der Waals surface area contributed by atoms with Crippen LogP contribution in [0.2, 0.25) is 0 Å². The summed E-state index contributed by atoms with van der Waals surface area (Å²) >= 11 is 0. The van der Waals surface area contributed by atoms with Crippen molar-refractivity contribution in [1.82, 2.24) is 4.90 Å². The van der Waals surface area contributed by atoms with Gasteiger partial charge in [-0.2, -0.15) is 0 Å². The summed E-state index contributed by atoms with van der Waals surface area (Å²) in [4.78, 5) is 2.63. The smallest absolute Gasteiger partial charge is 0.0230 e. The van der Waals surface area contributed by atoms with E-state index >= 15 is 0 Å². The van der Waals surface area contributed by atoms with Crippen molar-refractivity contribution in [3.05, 3.63) is 0 Å². The van der Waals surface area contributed by atoms with Crippen molar-refractivity contribution in [2.75, 3.05) is 19.6 Å². The molecule has 0 saturated carbocycles. The molecular formula is C18H33N. The van der Waals surface area contributed by atoms with Crippen LogP contribution >= 0.6 is 0 Å². The predicted molar refractivity (Wildman–Crippen MR) is 85.1 cm³/mol. The van der Waals surface area contributed by atoms with Crippen molar-refractivity contribution >= 4 is 0 Å². The van der Waals surface area contributed by atoms with Crippen LogP contribution in [0.3, 0.4) is 0 Å². The molecule has 0 aromatic heterocycles. The van der Waals surface area contributed by atoms with E-state index in [9.17, 15) is 0 Å². The van der Waals surface area contributed by atoms with Gasteiger partial charge in [0.15, 0.2) is 0 Å². The molecule has 1 saturated heterocycles. The summed E-state index contributed by atoms with van der Waals surface area (Å²) in [5.41, 5.74) is 0.648. The minimum Gasteiger partial charge on any atom is -0.303 e. The van der Waals surface area contributed by atoms with Gasteiger partial charge in [0.2, 0.25) is 0 Å². The maximum absolute atomic E-state index is 3.32. The van der Waals surface area contributed by atoms with Crippen LogP contribution in [0.15, 0.2) is 0 Å². The van der Waals surface area contributed by atoms with Crippen molar-refractivity contribution in [1.29, 1.82) is 0 Å². The minimum atomic E-state index is 0.158. The number of hydrogen-bond acceptors (Lipinski definition) is 1. The molecule has 0 aliphatic carbocycles. The Morgan fingerprint density at radius 1 is 1.00 bits per heavy atom. The van der Waals surface area contributed by atoms with Gasteiger partial charge in [-0.05, 0) is 71.0 Å². The fraction of sp³-hybridized carbons (Fsp3) is 0.889. The molecule has 0 spiro atoms. The minimum absolute atomic E-state index is 0.158. The van der Waals surface area contributed by atoms with Crippen LogP contribution in [-0.4, -0.2) is 24.5 Å². The van der Waals surface area contributed by atoms with Crippen molar-refractivity contribution in [3.8, 4) is 11.8 Å². The van der Waals surface area contributed by atoms with E-state index in [-0.39, 0.29) is 5.41 Å². The number of piperidine rings is 1. The third-order valence-electron chi connectivity index (χ3n) is 4.05. The third-order valence-corrected chi connectivity index (χ3v) is 4.05. The highest BCUT2D eigenvalue weighted by Gasteiger charge is 2.28. The molecule has 0 N–H and O–H groups in total. The van der Waals surface area contributed by atoms with Gasteiger partial charge >= 0.3 is 0 Å². The third kappa shape index (κ3) is 7.02. The molecule has 0 amide bonds. The number of likely N-dealkylation sites (tertiary alicyclic amines) is 1. The Bertz CT molecular complexity index is 310. The molecule has 0 aromatic rings. The lowest BCUT2D eigenvalue weighted by molar-refractivity contribution is 0.112. The van der Waals surface area contributed by atoms with E-state index in [0.717, 1.165) is 12.3 Å². The van der Waals surface area contributed by atoms with E-state index in [1.54, 1.807) is 0 Å². The highest BCUT2D eigenvalue weighted by Crippen LogP contribution is 2.34. The van der Waals surface area contributed by atoms with Crippen LogP contribution in [0.5, 0.6) is 0 Å². The average molecular weight is 263 g/mol. The molecule has 0 atom stereocenters.